The highest BCUT2D eigenvalue weighted by Crippen LogP contribution is 1.97. The van der Waals surface area contributed by atoms with Gasteiger partial charge in [-0.3, -0.25) is 4.79 Å². The number of halogens is 1. The Bertz CT molecular complexity index is 329. The third-order valence-electron chi connectivity index (χ3n) is 1.75. The van der Waals surface area contributed by atoms with Gasteiger partial charge in [0.15, 0.2) is 0 Å². The van der Waals surface area contributed by atoms with Crippen molar-refractivity contribution in [1.82, 2.24) is 10.3 Å². The molecule has 88 valence electrons. The molecule has 0 bridgehead atoms. The number of carbonyl (C=O) groups excluding carboxylic acids is 1. The standard InChI is InChI=1S/C10H14FN3O2/c11-8-1-2-9(14-7-8)10(15)13-4-6-16-5-3-12/h1-2,7H,3-6,12H2,(H,13,15). The Hall–Kier alpha value is -1.53. The van der Waals surface area contributed by atoms with Crippen LogP contribution >= 0.6 is 0 Å². The van der Waals surface area contributed by atoms with Crippen LogP contribution in [0.5, 0.6) is 0 Å². The van der Waals surface area contributed by atoms with Crippen LogP contribution in [0.25, 0.3) is 0 Å². The van der Waals surface area contributed by atoms with Gasteiger partial charge in [-0.05, 0) is 12.1 Å². The molecule has 6 heteroatoms. The van der Waals surface area contributed by atoms with Gasteiger partial charge in [0.1, 0.15) is 11.5 Å². The van der Waals surface area contributed by atoms with Crippen molar-refractivity contribution in [1.29, 1.82) is 0 Å². The first kappa shape index (κ1) is 12.5. The van der Waals surface area contributed by atoms with E-state index in [0.29, 0.717) is 26.3 Å². The zero-order valence-corrected chi connectivity index (χ0v) is 8.78. The number of pyridine rings is 1. The van der Waals surface area contributed by atoms with E-state index in [1.165, 1.54) is 12.1 Å². The normalized spacial score (nSPS) is 10.1. The van der Waals surface area contributed by atoms with Crippen molar-refractivity contribution in [3.05, 3.63) is 29.8 Å². The summed E-state index contributed by atoms with van der Waals surface area (Å²) in [5, 5.41) is 2.59. The maximum atomic E-state index is 12.5. The van der Waals surface area contributed by atoms with E-state index in [4.69, 9.17) is 10.5 Å². The predicted molar refractivity (Wildman–Crippen MR) is 56.4 cm³/mol. The minimum absolute atomic E-state index is 0.181. The van der Waals surface area contributed by atoms with E-state index in [2.05, 4.69) is 10.3 Å². The molecule has 0 aliphatic rings. The second kappa shape index (κ2) is 6.86. The molecule has 3 N–H and O–H groups in total. The molecule has 0 fully saturated rings. The molecular weight excluding hydrogens is 213 g/mol. The smallest absolute Gasteiger partial charge is 0.269 e. The van der Waals surface area contributed by atoms with Gasteiger partial charge >= 0.3 is 0 Å². The molecule has 1 rings (SSSR count). The van der Waals surface area contributed by atoms with E-state index >= 15 is 0 Å². The Balaban J connectivity index is 2.27. The minimum Gasteiger partial charge on any atom is -0.378 e. The monoisotopic (exact) mass is 227 g/mol. The molecular formula is C10H14FN3O2. The molecule has 0 aliphatic carbocycles. The summed E-state index contributed by atoms with van der Waals surface area (Å²) in [6.45, 7) is 1.68. The third kappa shape index (κ3) is 4.33. The number of nitrogens with zero attached hydrogens (tertiary/aromatic N) is 1. The fourth-order valence-electron chi connectivity index (χ4n) is 1.02. The molecule has 1 aromatic rings. The number of hydrogen-bond donors (Lipinski definition) is 2. The van der Waals surface area contributed by atoms with Gasteiger partial charge in [0, 0.05) is 13.1 Å². The Morgan fingerprint density at radius 2 is 2.31 bits per heavy atom. The van der Waals surface area contributed by atoms with Gasteiger partial charge in [-0.25, -0.2) is 9.37 Å². The quantitative estimate of drug-likeness (QED) is 0.667. The number of hydrogen-bond acceptors (Lipinski definition) is 4. The summed E-state index contributed by atoms with van der Waals surface area (Å²) in [5.41, 5.74) is 5.40. The maximum Gasteiger partial charge on any atom is 0.269 e. The molecule has 0 unspecified atom stereocenters. The number of rotatable bonds is 6. The fraction of sp³-hybridized carbons (Fsp3) is 0.400. The molecule has 0 aliphatic heterocycles. The number of carbonyl (C=O) groups is 1. The summed E-state index contributed by atoms with van der Waals surface area (Å²) in [6.07, 6.45) is 1.000. The zero-order valence-electron chi connectivity index (χ0n) is 8.78. The van der Waals surface area contributed by atoms with Gasteiger partial charge in [0.05, 0.1) is 19.4 Å². The first-order valence-electron chi connectivity index (χ1n) is 4.91. The van der Waals surface area contributed by atoms with Gasteiger partial charge in [-0.15, -0.1) is 0 Å². The molecule has 0 aromatic carbocycles. The molecule has 0 spiro atoms. The highest BCUT2D eigenvalue weighted by molar-refractivity contribution is 5.92. The lowest BCUT2D eigenvalue weighted by Crippen LogP contribution is -2.28. The molecule has 1 heterocycles. The first-order chi connectivity index (χ1) is 7.74. The van der Waals surface area contributed by atoms with E-state index in [-0.39, 0.29) is 11.6 Å². The Labute approximate surface area is 92.8 Å². The van der Waals surface area contributed by atoms with E-state index in [1.807, 2.05) is 0 Å². The van der Waals surface area contributed by atoms with Crippen LogP contribution in [0.2, 0.25) is 0 Å². The van der Waals surface area contributed by atoms with Crippen molar-refractivity contribution in [2.45, 2.75) is 0 Å². The Kier molecular flexibility index (Phi) is 5.38. The predicted octanol–water partition coefficient (Wildman–Crippen LogP) is -0.0742. The average Bonchev–Trinajstić information content (AvgIpc) is 2.29. The lowest BCUT2D eigenvalue weighted by Gasteiger charge is -2.04. The summed E-state index contributed by atoms with van der Waals surface area (Å²) in [7, 11) is 0. The summed E-state index contributed by atoms with van der Waals surface area (Å²) in [5.74, 6) is -0.820. The van der Waals surface area contributed by atoms with Gasteiger partial charge in [-0.1, -0.05) is 0 Å². The van der Waals surface area contributed by atoms with Crippen molar-refractivity contribution in [2.75, 3.05) is 26.3 Å². The van der Waals surface area contributed by atoms with E-state index in [0.717, 1.165) is 6.20 Å². The molecule has 0 radical (unpaired) electrons. The summed E-state index contributed by atoms with van der Waals surface area (Å²) >= 11 is 0. The van der Waals surface area contributed by atoms with Crippen molar-refractivity contribution >= 4 is 5.91 Å². The van der Waals surface area contributed by atoms with Crippen LogP contribution in [0.4, 0.5) is 4.39 Å². The fourth-order valence-corrected chi connectivity index (χ4v) is 1.02. The molecule has 0 saturated carbocycles. The zero-order chi connectivity index (χ0) is 11.8. The van der Waals surface area contributed by atoms with Gasteiger partial charge in [0.2, 0.25) is 0 Å². The summed E-state index contributed by atoms with van der Waals surface area (Å²) in [6, 6.07) is 2.51. The number of amides is 1. The van der Waals surface area contributed by atoms with Crippen molar-refractivity contribution in [3.8, 4) is 0 Å². The molecule has 16 heavy (non-hydrogen) atoms. The SMILES string of the molecule is NCCOCCNC(=O)c1ccc(F)cn1. The largest absolute Gasteiger partial charge is 0.378 e. The first-order valence-corrected chi connectivity index (χ1v) is 4.91. The molecule has 0 atom stereocenters. The van der Waals surface area contributed by atoms with Crippen LogP contribution in [-0.2, 0) is 4.74 Å². The van der Waals surface area contributed by atoms with E-state index in [1.54, 1.807) is 0 Å². The number of nitrogens with one attached hydrogen (secondary N) is 1. The Morgan fingerprint density at radius 3 is 2.94 bits per heavy atom. The van der Waals surface area contributed by atoms with Crippen molar-refractivity contribution < 1.29 is 13.9 Å². The van der Waals surface area contributed by atoms with Crippen molar-refractivity contribution in [2.24, 2.45) is 5.73 Å². The van der Waals surface area contributed by atoms with Crippen LogP contribution in [0.3, 0.4) is 0 Å². The van der Waals surface area contributed by atoms with E-state index < -0.39 is 5.82 Å². The molecule has 0 saturated heterocycles. The number of aromatic nitrogens is 1. The highest BCUT2D eigenvalue weighted by atomic mass is 19.1. The summed E-state index contributed by atoms with van der Waals surface area (Å²) < 4.78 is 17.6. The Morgan fingerprint density at radius 1 is 1.50 bits per heavy atom. The lowest BCUT2D eigenvalue weighted by atomic mass is 10.3. The van der Waals surface area contributed by atoms with Crippen molar-refractivity contribution in [3.63, 3.8) is 0 Å². The average molecular weight is 227 g/mol. The lowest BCUT2D eigenvalue weighted by molar-refractivity contribution is 0.0915. The van der Waals surface area contributed by atoms with Gasteiger partial charge in [-0.2, -0.15) is 0 Å². The topological polar surface area (TPSA) is 77.2 Å². The second-order valence-electron chi connectivity index (χ2n) is 3.02. The minimum atomic E-state index is -0.470. The maximum absolute atomic E-state index is 12.5. The van der Waals surface area contributed by atoms with Crippen LogP contribution in [-0.4, -0.2) is 37.2 Å². The van der Waals surface area contributed by atoms with Gasteiger partial charge < -0.3 is 15.8 Å². The van der Waals surface area contributed by atoms with Gasteiger partial charge in [0.25, 0.3) is 5.91 Å². The molecule has 1 aromatic heterocycles. The van der Waals surface area contributed by atoms with Crippen LogP contribution < -0.4 is 11.1 Å². The van der Waals surface area contributed by atoms with E-state index in [9.17, 15) is 9.18 Å². The molecule has 1 amide bonds. The number of nitrogens with two attached hydrogens (primary N) is 1. The number of ether oxygens (including phenoxy) is 1. The highest BCUT2D eigenvalue weighted by Gasteiger charge is 2.05. The van der Waals surface area contributed by atoms with Crippen LogP contribution in [0.1, 0.15) is 10.5 Å². The third-order valence-corrected chi connectivity index (χ3v) is 1.75. The van der Waals surface area contributed by atoms with Crippen LogP contribution in [0, 0.1) is 5.82 Å². The van der Waals surface area contributed by atoms with Crippen LogP contribution in [0.15, 0.2) is 18.3 Å². The second-order valence-corrected chi connectivity index (χ2v) is 3.02. The molecule has 5 nitrogen and oxygen atoms in total. The summed E-state index contributed by atoms with van der Waals surface area (Å²) in [4.78, 5) is 15.1.